The number of aliphatic hydroxyl groups is 3. The highest BCUT2D eigenvalue weighted by Crippen LogP contribution is 2.26. The predicted molar refractivity (Wildman–Crippen MR) is 121 cm³/mol. The van der Waals surface area contributed by atoms with Gasteiger partial charge in [0.1, 0.15) is 41.8 Å². The molecule has 6 N–H and O–H groups in total. The first-order chi connectivity index (χ1) is 16.6. The van der Waals surface area contributed by atoms with Gasteiger partial charge in [0.25, 0.3) is 0 Å². The molecule has 35 heavy (non-hydrogen) atoms. The van der Waals surface area contributed by atoms with Crippen LogP contribution in [0.25, 0.3) is 11.2 Å². The van der Waals surface area contributed by atoms with Crippen molar-refractivity contribution in [1.82, 2.24) is 30.2 Å². The number of amides is 2. The highest BCUT2D eigenvalue weighted by atomic mass is 16.6. The van der Waals surface area contributed by atoms with Crippen molar-refractivity contribution in [1.29, 1.82) is 0 Å². The van der Waals surface area contributed by atoms with Crippen LogP contribution < -0.4 is 10.6 Å². The van der Waals surface area contributed by atoms with E-state index in [0.29, 0.717) is 30.6 Å². The Kier molecular flexibility index (Phi) is 7.07. The monoisotopic (exact) mass is 493 g/mol. The topological polar surface area (TPSA) is 195 Å². The Labute approximate surface area is 201 Å². The van der Waals surface area contributed by atoms with Crippen molar-refractivity contribution in [3.8, 4) is 0 Å². The van der Waals surface area contributed by atoms with E-state index in [0.717, 1.165) is 0 Å². The summed E-state index contributed by atoms with van der Waals surface area (Å²) in [5.41, 5.74) is 0.147. The number of aromatic amines is 1. The van der Waals surface area contributed by atoms with Crippen LogP contribution >= 0.6 is 0 Å². The molecule has 14 nitrogen and oxygen atoms in total. The second kappa shape index (κ2) is 9.89. The van der Waals surface area contributed by atoms with Gasteiger partial charge in [-0.25, -0.2) is 19.7 Å². The Morgan fingerprint density at radius 3 is 2.74 bits per heavy atom. The molecule has 2 aliphatic heterocycles. The van der Waals surface area contributed by atoms with E-state index in [1.54, 1.807) is 20.8 Å². The Balaban J connectivity index is 1.44. The standard InChI is InChI=1S/C21H31N7O7/c1-21(2,3)35-20(33)28-6-4-5-10(28)18(32)26-12-11(7-29)34-19(15(31)14(12)30)27-17-13-16(23-8-22-13)24-9-25-17/h8-12,14-15,19,29-31H,4-7H2,1-3H3,(H,26,32)(H2,22,23,24,25,27)/t10-,11-,12-,14+,15-,19-/m0/s1. The van der Waals surface area contributed by atoms with Crippen molar-refractivity contribution in [2.24, 2.45) is 0 Å². The molecule has 0 unspecified atom stereocenters. The van der Waals surface area contributed by atoms with Crippen molar-refractivity contribution in [2.45, 2.75) is 75.8 Å². The van der Waals surface area contributed by atoms with Gasteiger partial charge in [0.05, 0.1) is 19.0 Å². The summed E-state index contributed by atoms with van der Waals surface area (Å²) >= 11 is 0. The number of ether oxygens (including phenoxy) is 2. The van der Waals surface area contributed by atoms with Crippen LogP contribution in [0.15, 0.2) is 12.7 Å². The normalized spacial score (nSPS) is 29.3. The van der Waals surface area contributed by atoms with Crippen molar-refractivity contribution >= 4 is 29.0 Å². The molecule has 0 aliphatic carbocycles. The lowest BCUT2D eigenvalue weighted by Crippen LogP contribution is -2.67. The third-order valence-electron chi connectivity index (χ3n) is 5.92. The van der Waals surface area contributed by atoms with E-state index in [-0.39, 0.29) is 5.82 Å². The van der Waals surface area contributed by atoms with Gasteiger partial charge in [0.15, 0.2) is 17.7 Å². The average molecular weight is 494 g/mol. The number of nitrogens with one attached hydrogen (secondary N) is 3. The number of aliphatic hydroxyl groups excluding tert-OH is 3. The van der Waals surface area contributed by atoms with Crippen LogP contribution in [0.1, 0.15) is 33.6 Å². The molecule has 192 valence electrons. The molecular formula is C21H31N7O7. The SMILES string of the molecule is CC(C)(C)OC(=O)N1CCC[C@H]1C(=O)N[C@@H]1[C@@H](O)[C@H](O)[C@@H](Nc2ncnc3nc[nH]c23)O[C@H]1CO. The van der Waals surface area contributed by atoms with E-state index < -0.39 is 60.8 Å². The number of rotatable bonds is 5. The second-order valence-corrected chi connectivity index (χ2v) is 9.59. The summed E-state index contributed by atoms with van der Waals surface area (Å²) in [6.07, 6.45) is -2.04. The molecule has 2 aromatic rings. The number of likely N-dealkylation sites (tertiary alicyclic amines) is 1. The molecule has 4 heterocycles. The zero-order valence-corrected chi connectivity index (χ0v) is 19.7. The molecule has 14 heteroatoms. The van der Waals surface area contributed by atoms with Gasteiger partial charge in [-0.2, -0.15) is 0 Å². The first kappa shape index (κ1) is 25.0. The van der Waals surface area contributed by atoms with Gasteiger partial charge in [-0.05, 0) is 33.6 Å². The summed E-state index contributed by atoms with van der Waals surface area (Å²) < 4.78 is 11.2. The fraction of sp³-hybridized carbons (Fsp3) is 0.667. The Bertz CT molecular complexity index is 1060. The van der Waals surface area contributed by atoms with E-state index >= 15 is 0 Å². The van der Waals surface area contributed by atoms with Crippen LogP contribution in [-0.2, 0) is 14.3 Å². The minimum Gasteiger partial charge on any atom is -0.444 e. The van der Waals surface area contributed by atoms with Crippen LogP contribution in [0.5, 0.6) is 0 Å². The number of carbonyl (C=O) groups excluding carboxylic acids is 2. The number of hydrogen-bond acceptors (Lipinski definition) is 11. The number of nitrogens with zero attached hydrogens (tertiary/aromatic N) is 4. The molecule has 0 saturated carbocycles. The molecule has 0 bridgehead atoms. The maximum atomic E-state index is 13.1. The van der Waals surface area contributed by atoms with Gasteiger partial charge >= 0.3 is 6.09 Å². The Hall–Kier alpha value is -3.07. The summed E-state index contributed by atoms with van der Waals surface area (Å²) in [6, 6.07) is -1.93. The highest BCUT2D eigenvalue weighted by molar-refractivity contribution is 5.86. The first-order valence-corrected chi connectivity index (χ1v) is 11.4. The van der Waals surface area contributed by atoms with Crippen molar-refractivity contribution < 1.29 is 34.4 Å². The van der Waals surface area contributed by atoms with Crippen molar-refractivity contribution in [2.75, 3.05) is 18.5 Å². The van der Waals surface area contributed by atoms with Crippen LogP contribution in [0.3, 0.4) is 0 Å². The minimum absolute atomic E-state index is 0.280. The molecule has 2 aliphatic rings. The predicted octanol–water partition coefficient (Wildman–Crippen LogP) is -0.912. The summed E-state index contributed by atoms with van der Waals surface area (Å²) in [6.45, 7) is 5.03. The number of fused-ring (bicyclic) bond motifs is 1. The lowest BCUT2D eigenvalue weighted by Gasteiger charge is -2.43. The molecule has 2 amide bonds. The maximum Gasteiger partial charge on any atom is 0.410 e. The van der Waals surface area contributed by atoms with E-state index in [1.807, 2.05) is 0 Å². The molecule has 2 aromatic heterocycles. The number of carbonyl (C=O) groups is 2. The summed E-state index contributed by atoms with van der Waals surface area (Å²) in [5, 5.41) is 37.0. The summed E-state index contributed by atoms with van der Waals surface area (Å²) in [5.74, 6) is -0.255. The maximum absolute atomic E-state index is 13.1. The fourth-order valence-electron chi connectivity index (χ4n) is 4.27. The lowest BCUT2D eigenvalue weighted by atomic mass is 9.95. The van der Waals surface area contributed by atoms with Crippen LogP contribution in [0, 0.1) is 0 Å². The fourth-order valence-corrected chi connectivity index (χ4v) is 4.27. The van der Waals surface area contributed by atoms with E-state index in [4.69, 9.17) is 9.47 Å². The Morgan fingerprint density at radius 2 is 2.03 bits per heavy atom. The molecule has 0 aromatic carbocycles. The Morgan fingerprint density at radius 1 is 1.26 bits per heavy atom. The average Bonchev–Trinajstić information content (AvgIpc) is 3.47. The largest absolute Gasteiger partial charge is 0.444 e. The van der Waals surface area contributed by atoms with Gasteiger partial charge in [0, 0.05) is 6.54 Å². The van der Waals surface area contributed by atoms with Gasteiger partial charge < -0.3 is 40.4 Å². The van der Waals surface area contributed by atoms with Crippen molar-refractivity contribution in [3.05, 3.63) is 12.7 Å². The van der Waals surface area contributed by atoms with Gasteiger partial charge in [-0.15, -0.1) is 0 Å². The molecule has 2 fully saturated rings. The number of aromatic nitrogens is 4. The zero-order chi connectivity index (χ0) is 25.3. The van der Waals surface area contributed by atoms with Crippen molar-refractivity contribution in [3.63, 3.8) is 0 Å². The molecule has 0 radical (unpaired) electrons. The first-order valence-electron chi connectivity index (χ1n) is 11.4. The van der Waals surface area contributed by atoms with Gasteiger partial charge in [-0.3, -0.25) is 9.69 Å². The summed E-state index contributed by atoms with van der Waals surface area (Å²) in [4.78, 5) is 42.0. The highest BCUT2D eigenvalue weighted by Gasteiger charge is 2.47. The summed E-state index contributed by atoms with van der Waals surface area (Å²) in [7, 11) is 0. The smallest absolute Gasteiger partial charge is 0.410 e. The van der Waals surface area contributed by atoms with Crippen LogP contribution in [0.2, 0.25) is 0 Å². The molecule has 0 spiro atoms. The molecule has 2 saturated heterocycles. The minimum atomic E-state index is -1.49. The lowest BCUT2D eigenvalue weighted by molar-refractivity contribution is -0.185. The number of anilines is 1. The molecule has 4 rings (SSSR count). The van der Waals surface area contributed by atoms with Gasteiger partial charge in [0.2, 0.25) is 5.91 Å². The van der Waals surface area contributed by atoms with Crippen LogP contribution in [0.4, 0.5) is 10.6 Å². The third-order valence-corrected chi connectivity index (χ3v) is 5.92. The van der Waals surface area contributed by atoms with E-state index in [1.165, 1.54) is 17.6 Å². The number of hydrogen-bond donors (Lipinski definition) is 6. The molecule has 6 atom stereocenters. The van der Waals surface area contributed by atoms with Crippen LogP contribution in [-0.4, -0.2) is 108 Å². The number of H-pyrrole nitrogens is 1. The molecular weight excluding hydrogens is 462 g/mol. The van der Waals surface area contributed by atoms with Gasteiger partial charge in [-0.1, -0.05) is 0 Å². The zero-order valence-electron chi connectivity index (χ0n) is 19.7. The van der Waals surface area contributed by atoms with E-state index in [2.05, 4.69) is 30.6 Å². The third kappa shape index (κ3) is 5.29. The second-order valence-electron chi connectivity index (χ2n) is 9.59. The number of imidazole rings is 1. The van der Waals surface area contributed by atoms with E-state index in [9.17, 15) is 24.9 Å². The quantitative estimate of drug-likeness (QED) is 0.302.